The number of amides is 1. The Hall–Kier alpha value is -1.36. The number of carbonyl (C=O) groups is 1. The predicted molar refractivity (Wildman–Crippen MR) is 73.9 cm³/mol. The van der Waals surface area contributed by atoms with Crippen LogP contribution < -0.4 is 5.32 Å². The number of nitrogens with zero attached hydrogens (tertiary/aromatic N) is 2. The van der Waals surface area contributed by atoms with Gasteiger partial charge in [0.05, 0.1) is 6.54 Å². The second kappa shape index (κ2) is 6.70. The van der Waals surface area contributed by atoms with E-state index in [2.05, 4.69) is 15.4 Å². The Kier molecular flexibility index (Phi) is 4.96. The van der Waals surface area contributed by atoms with E-state index in [9.17, 15) is 4.79 Å². The average Bonchev–Trinajstić information content (AvgIpc) is 2.75. The summed E-state index contributed by atoms with van der Waals surface area (Å²) in [5.74, 6) is 1.91. The third kappa shape index (κ3) is 4.67. The van der Waals surface area contributed by atoms with Gasteiger partial charge in [-0.05, 0) is 32.7 Å². The highest BCUT2D eigenvalue weighted by atomic mass is 16.5. The molecule has 5 nitrogen and oxygen atoms in total. The second-order valence-electron chi connectivity index (χ2n) is 5.57. The van der Waals surface area contributed by atoms with Crippen molar-refractivity contribution >= 4 is 11.7 Å². The standard InChI is InChI=1S/C14H23N3O2/c1-11-8-13(16-19-11)15-14(18)10-17(2)9-12-6-4-3-5-7-12/h8,12H,3-7,9-10H2,1-2H3,(H,15,16,18). The molecule has 1 aliphatic rings. The maximum atomic E-state index is 11.8. The van der Waals surface area contributed by atoms with Crippen molar-refractivity contribution in [3.63, 3.8) is 0 Å². The fourth-order valence-corrected chi connectivity index (χ4v) is 2.73. The first-order chi connectivity index (χ1) is 9.13. The molecule has 1 N–H and O–H groups in total. The lowest BCUT2D eigenvalue weighted by Crippen LogP contribution is -2.34. The van der Waals surface area contributed by atoms with E-state index in [4.69, 9.17) is 4.52 Å². The molecule has 2 rings (SSSR count). The molecule has 1 aromatic rings. The van der Waals surface area contributed by atoms with Crippen molar-refractivity contribution in [1.82, 2.24) is 10.1 Å². The molecule has 1 aromatic heterocycles. The summed E-state index contributed by atoms with van der Waals surface area (Å²) in [6.45, 7) is 3.21. The first kappa shape index (κ1) is 14.1. The quantitative estimate of drug-likeness (QED) is 0.888. The molecule has 1 heterocycles. The van der Waals surface area contributed by atoms with Gasteiger partial charge in [-0.25, -0.2) is 0 Å². The van der Waals surface area contributed by atoms with Crippen LogP contribution in [-0.4, -0.2) is 36.1 Å². The lowest BCUT2D eigenvalue weighted by molar-refractivity contribution is -0.117. The Morgan fingerprint density at radius 3 is 2.84 bits per heavy atom. The van der Waals surface area contributed by atoms with Crippen molar-refractivity contribution in [2.45, 2.75) is 39.0 Å². The van der Waals surface area contributed by atoms with Crippen LogP contribution in [0.4, 0.5) is 5.82 Å². The smallest absolute Gasteiger partial charge is 0.239 e. The number of carbonyl (C=O) groups excluding carboxylic acids is 1. The van der Waals surface area contributed by atoms with Crippen molar-refractivity contribution < 1.29 is 9.32 Å². The maximum Gasteiger partial charge on any atom is 0.239 e. The Labute approximate surface area is 114 Å². The van der Waals surface area contributed by atoms with E-state index in [1.54, 1.807) is 13.0 Å². The molecular weight excluding hydrogens is 242 g/mol. The summed E-state index contributed by atoms with van der Waals surface area (Å²) in [4.78, 5) is 13.9. The number of rotatable bonds is 5. The number of hydrogen-bond donors (Lipinski definition) is 1. The van der Waals surface area contributed by atoms with Gasteiger partial charge in [0.15, 0.2) is 5.82 Å². The minimum absolute atomic E-state index is 0.0355. The highest BCUT2D eigenvalue weighted by Crippen LogP contribution is 2.23. The molecule has 0 unspecified atom stereocenters. The van der Waals surface area contributed by atoms with Gasteiger partial charge in [-0.15, -0.1) is 0 Å². The molecule has 5 heteroatoms. The van der Waals surface area contributed by atoms with Gasteiger partial charge < -0.3 is 9.84 Å². The third-order valence-corrected chi connectivity index (χ3v) is 3.60. The van der Waals surface area contributed by atoms with E-state index in [-0.39, 0.29) is 5.91 Å². The van der Waals surface area contributed by atoms with Gasteiger partial charge in [0.2, 0.25) is 5.91 Å². The van der Waals surface area contributed by atoms with E-state index in [0.29, 0.717) is 18.1 Å². The second-order valence-corrected chi connectivity index (χ2v) is 5.57. The summed E-state index contributed by atoms with van der Waals surface area (Å²) in [6.07, 6.45) is 6.64. The van der Waals surface area contributed by atoms with Crippen LogP contribution in [0.5, 0.6) is 0 Å². The van der Waals surface area contributed by atoms with Gasteiger partial charge in [-0.2, -0.15) is 0 Å². The molecule has 106 valence electrons. The number of hydrogen-bond acceptors (Lipinski definition) is 4. The molecule has 0 saturated heterocycles. The fraction of sp³-hybridized carbons (Fsp3) is 0.714. The summed E-state index contributed by atoms with van der Waals surface area (Å²) < 4.78 is 4.91. The van der Waals surface area contributed by atoms with E-state index < -0.39 is 0 Å². The highest BCUT2D eigenvalue weighted by molar-refractivity contribution is 5.91. The van der Waals surface area contributed by atoms with Crippen LogP contribution in [0.25, 0.3) is 0 Å². The number of likely N-dealkylation sites (N-methyl/N-ethyl adjacent to an activating group) is 1. The van der Waals surface area contributed by atoms with Gasteiger partial charge >= 0.3 is 0 Å². The van der Waals surface area contributed by atoms with Gasteiger partial charge in [0.1, 0.15) is 5.76 Å². The van der Waals surface area contributed by atoms with Crippen LogP contribution in [0.1, 0.15) is 37.9 Å². The Morgan fingerprint density at radius 2 is 2.21 bits per heavy atom. The molecule has 0 aliphatic heterocycles. The first-order valence-corrected chi connectivity index (χ1v) is 7.05. The molecule has 1 aliphatic carbocycles. The van der Waals surface area contributed by atoms with Crippen molar-refractivity contribution in [3.8, 4) is 0 Å². The van der Waals surface area contributed by atoms with Crippen molar-refractivity contribution in [3.05, 3.63) is 11.8 Å². The minimum Gasteiger partial charge on any atom is -0.360 e. The lowest BCUT2D eigenvalue weighted by Gasteiger charge is -2.26. The first-order valence-electron chi connectivity index (χ1n) is 7.05. The zero-order valence-electron chi connectivity index (χ0n) is 11.8. The van der Waals surface area contributed by atoms with Crippen LogP contribution >= 0.6 is 0 Å². The van der Waals surface area contributed by atoms with E-state index in [1.807, 2.05) is 7.05 Å². The van der Waals surface area contributed by atoms with Crippen molar-refractivity contribution in [2.75, 3.05) is 25.5 Å². The Morgan fingerprint density at radius 1 is 1.47 bits per heavy atom. The van der Waals surface area contributed by atoms with Crippen LogP contribution in [0, 0.1) is 12.8 Å². The summed E-state index contributed by atoms with van der Waals surface area (Å²) in [5, 5.41) is 6.50. The Balaban J connectivity index is 1.71. The van der Waals surface area contributed by atoms with Gasteiger partial charge in [-0.1, -0.05) is 24.4 Å². The molecule has 0 radical (unpaired) electrons. The van der Waals surface area contributed by atoms with Crippen LogP contribution in [0.15, 0.2) is 10.6 Å². The topological polar surface area (TPSA) is 58.4 Å². The summed E-state index contributed by atoms with van der Waals surface area (Å²) in [5.41, 5.74) is 0. The predicted octanol–water partition coefficient (Wildman–Crippen LogP) is 2.43. The van der Waals surface area contributed by atoms with Crippen molar-refractivity contribution in [2.24, 2.45) is 5.92 Å². The molecule has 1 fully saturated rings. The highest BCUT2D eigenvalue weighted by Gasteiger charge is 2.17. The molecule has 0 atom stereocenters. The maximum absolute atomic E-state index is 11.8. The number of nitrogens with one attached hydrogen (secondary N) is 1. The van der Waals surface area contributed by atoms with E-state index >= 15 is 0 Å². The van der Waals surface area contributed by atoms with Crippen LogP contribution in [0.2, 0.25) is 0 Å². The zero-order chi connectivity index (χ0) is 13.7. The monoisotopic (exact) mass is 265 g/mol. The fourth-order valence-electron chi connectivity index (χ4n) is 2.73. The molecule has 0 spiro atoms. The Bertz CT molecular complexity index is 411. The number of aryl methyl sites for hydroxylation is 1. The summed E-state index contributed by atoms with van der Waals surface area (Å²) in [7, 11) is 2.00. The normalized spacial score (nSPS) is 16.8. The SMILES string of the molecule is Cc1cc(NC(=O)CN(C)CC2CCCCC2)no1. The van der Waals surface area contributed by atoms with E-state index in [0.717, 1.165) is 12.5 Å². The molecule has 1 saturated carbocycles. The largest absolute Gasteiger partial charge is 0.360 e. The number of anilines is 1. The minimum atomic E-state index is -0.0355. The van der Waals surface area contributed by atoms with Gasteiger partial charge in [-0.3, -0.25) is 9.69 Å². The third-order valence-electron chi connectivity index (χ3n) is 3.60. The molecule has 19 heavy (non-hydrogen) atoms. The van der Waals surface area contributed by atoms with Crippen LogP contribution in [-0.2, 0) is 4.79 Å². The van der Waals surface area contributed by atoms with Gasteiger partial charge in [0, 0.05) is 12.6 Å². The zero-order valence-corrected chi connectivity index (χ0v) is 11.8. The number of aromatic nitrogens is 1. The molecule has 0 bridgehead atoms. The van der Waals surface area contributed by atoms with E-state index in [1.165, 1.54) is 32.1 Å². The van der Waals surface area contributed by atoms with Crippen molar-refractivity contribution in [1.29, 1.82) is 0 Å². The molecule has 0 aromatic carbocycles. The van der Waals surface area contributed by atoms with Gasteiger partial charge in [0.25, 0.3) is 0 Å². The van der Waals surface area contributed by atoms with Crippen LogP contribution in [0.3, 0.4) is 0 Å². The average molecular weight is 265 g/mol. The molecule has 1 amide bonds. The lowest BCUT2D eigenvalue weighted by atomic mass is 9.89. The summed E-state index contributed by atoms with van der Waals surface area (Å²) in [6, 6.07) is 1.72. The molecular formula is C14H23N3O2. The summed E-state index contributed by atoms with van der Waals surface area (Å²) >= 11 is 0.